The molecule has 92 valence electrons. The molecule has 1 heteroatoms. The molecule has 0 amide bonds. The van der Waals surface area contributed by atoms with Crippen LogP contribution in [-0.2, 0) is 0 Å². The van der Waals surface area contributed by atoms with Crippen LogP contribution in [0.25, 0.3) is 0 Å². The topological polar surface area (TPSA) is 0 Å². The van der Waals surface area contributed by atoms with Gasteiger partial charge < -0.3 is 0 Å². The van der Waals surface area contributed by atoms with E-state index in [1.165, 1.54) is 10.8 Å². The molecule has 0 aromatic rings. The van der Waals surface area contributed by atoms with Crippen molar-refractivity contribution in [3.05, 3.63) is 0 Å². The lowest BCUT2D eigenvalue weighted by molar-refractivity contribution is 0.626. The van der Waals surface area contributed by atoms with Gasteiger partial charge in [-0.25, -0.2) is 0 Å². The van der Waals surface area contributed by atoms with Crippen molar-refractivity contribution in [2.24, 2.45) is 11.8 Å². The zero-order chi connectivity index (χ0) is 12.6. The Balaban J connectivity index is -0.0000000528. The zero-order valence-electron chi connectivity index (χ0n) is 11.9. The van der Waals surface area contributed by atoms with Crippen molar-refractivity contribution < 1.29 is 0 Å². The second-order valence-corrected chi connectivity index (χ2v) is 4.23. The van der Waals surface area contributed by atoms with Gasteiger partial charge in [-0.2, -0.15) is 0 Å². The van der Waals surface area contributed by atoms with E-state index in [4.69, 9.17) is 0 Å². The van der Waals surface area contributed by atoms with Crippen molar-refractivity contribution in [1.29, 1.82) is 0 Å². The van der Waals surface area contributed by atoms with E-state index in [0.29, 0.717) is 0 Å². The molecule has 0 aromatic heterocycles. The third-order valence-electron chi connectivity index (χ3n) is 1.13. The molecule has 0 aromatic carbocycles. The highest BCUT2D eigenvalue weighted by atomic mass is 127. The Labute approximate surface area is 107 Å². The van der Waals surface area contributed by atoms with Crippen LogP contribution in [0.3, 0.4) is 0 Å². The molecule has 0 saturated heterocycles. The Kier molecular flexibility index (Phi) is 50.3. The van der Waals surface area contributed by atoms with E-state index >= 15 is 0 Å². The number of hydrogen-bond acceptors (Lipinski definition) is 0. The molecule has 0 bridgehead atoms. The molecule has 0 fully saturated rings. The molecule has 0 nitrogen and oxygen atoms in total. The molecule has 0 saturated carbocycles. The van der Waals surface area contributed by atoms with Gasteiger partial charge in [0.25, 0.3) is 0 Å². The summed E-state index contributed by atoms with van der Waals surface area (Å²) in [5, 5.41) is 0. The Hall–Kier alpha value is 0.730. The lowest BCUT2D eigenvalue weighted by atomic mass is 10.2. The monoisotopic (exact) mass is 316 g/mol. The molecule has 14 heavy (non-hydrogen) atoms. The van der Waals surface area contributed by atoms with Gasteiger partial charge in [0.15, 0.2) is 0 Å². The van der Waals surface area contributed by atoms with E-state index in [2.05, 4.69) is 57.2 Å². The van der Waals surface area contributed by atoms with Crippen molar-refractivity contribution in [2.75, 3.05) is 4.43 Å². The first kappa shape index (κ1) is 24.1. The lowest BCUT2D eigenvalue weighted by Gasteiger charge is -1.90. The highest BCUT2D eigenvalue weighted by Gasteiger charge is 1.81. The van der Waals surface area contributed by atoms with Crippen molar-refractivity contribution in [3.8, 4) is 0 Å². The van der Waals surface area contributed by atoms with Gasteiger partial charge in [-0.1, -0.05) is 91.3 Å². The fourth-order valence-corrected chi connectivity index (χ4v) is 0. The predicted octanol–water partition coefficient (Wildman–Crippen LogP) is 6.18. The van der Waals surface area contributed by atoms with E-state index < -0.39 is 0 Å². The minimum atomic E-state index is 0.871. The summed E-state index contributed by atoms with van der Waals surface area (Å²) in [7, 11) is 0. The third kappa shape index (κ3) is 78.3. The molecule has 0 aliphatic heterocycles. The van der Waals surface area contributed by atoms with Crippen molar-refractivity contribution in [1.82, 2.24) is 0 Å². The molecular formula is C13H33I. The Morgan fingerprint density at radius 2 is 0.929 bits per heavy atom. The number of rotatable bonds is 2. The highest BCUT2D eigenvalue weighted by Crippen LogP contribution is 1.95. The van der Waals surface area contributed by atoms with E-state index in [0.717, 1.165) is 11.8 Å². The normalized spacial score (nSPS) is 7.71. The van der Waals surface area contributed by atoms with Gasteiger partial charge in [0.2, 0.25) is 0 Å². The van der Waals surface area contributed by atoms with Crippen molar-refractivity contribution >= 4 is 22.6 Å². The maximum Gasteiger partial charge on any atom is 0.00184 e. The zero-order valence-corrected chi connectivity index (χ0v) is 14.1. The number of hydrogen-bond donors (Lipinski definition) is 0. The van der Waals surface area contributed by atoms with E-state index in [1.807, 2.05) is 27.7 Å². The van der Waals surface area contributed by atoms with Crippen LogP contribution in [-0.4, -0.2) is 4.43 Å². The molecule has 0 atom stereocenters. The minimum absolute atomic E-state index is 0.871. The summed E-state index contributed by atoms with van der Waals surface area (Å²) < 4.78 is 1.28. The summed E-state index contributed by atoms with van der Waals surface area (Å²) >= 11 is 2.38. The van der Waals surface area contributed by atoms with E-state index in [-0.39, 0.29) is 0 Å². The van der Waals surface area contributed by atoms with Crippen molar-refractivity contribution in [2.45, 2.75) is 68.7 Å². The second kappa shape index (κ2) is 29.2. The lowest BCUT2D eigenvalue weighted by Crippen LogP contribution is -1.82. The average molecular weight is 316 g/mol. The van der Waals surface area contributed by atoms with Gasteiger partial charge in [0, 0.05) is 4.43 Å². The molecule has 0 rings (SSSR count). The molecule has 0 heterocycles. The highest BCUT2D eigenvalue weighted by molar-refractivity contribution is 14.1. The van der Waals surface area contributed by atoms with Gasteiger partial charge in [0.1, 0.15) is 0 Å². The maximum absolute atomic E-state index is 2.38. The Morgan fingerprint density at radius 1 is 0.786 bits per heavy atom. The Morgan fingerprint density at radius 3 is 0.929 bits per heavy atom. The smallest absolute Gasteiger partial charge is 0.00184 e. The van der Waals surface area contributed by atoms with E-state index in [1.54, 1.807) is 0 Å². The van der Waals surface area contributed by atoms with Crippen LogP contribution in [0.5, 0.6) is 0 Å². The van der Waals surface area contributed by atoms with E-state index in [9.17, 15) is 0 Å². The van der Waals surface area contributed by atoms with Crippen LogP contribution in [0, 0.1) is 11.8 Å². The fourth-order valence-electron chi connectivity index (χ4n) is 0. The van der Waals surface area contributed by atoms with Crippen LogP contribution in [0.15, 0.2) is 0 Å². The summed E-state index contributed by atoms with van der Waals surface area (Å²) in [5.74, 6) is 1.76. The summed E-state index contributed by atoms with van der Waals surface area (Å²) in [6, 6.07) is 0. The molecular weight excluding hydrogens is 283 g/mol. The Bertz CT molecular complexity index is 41.2. The summed E-state index contributed by atoms with van der Waals surface area (Å²) in [4.78, 5) is 0. The first-order valence-electron chi connectivity index (χ1n) is 6.10. The van der Waals surface area contributed by atoms with Crippen LogP contribution < -0.4 is 0 Å². The first-order valence-corrected chi connectivity index (χ1v) is 7.63. The largest absolute Gasteiger partial charge is 0.0861 e. The van der Waals surface area contributed by atoms with Crippen molar-refractivity contribution in [3.63, 3.8) is 0 Å². The maximum atomic E-state index is 2.38. The van der Waals surface area contributed by atoms with Gasteiger partial charge >= 0.3 is 0 Å². The van der Waals surface area contributed by atoms with Gasteiger partial charge in [-0.3, -0.25) is 0 Å². The van der Waals surface area contributed by atoms with Gasteiger partial charge in [0.05, 0.1) is 0 Å². The average Bonchev–Trinajstić information content (AvgIpc) is 2.24. The third-order valence-corrected chi connectivity index (χ3v) is 2.89. The van der Waals surface area contributed by atoms with Crippen LogP contribution in [0.1, 0.15) is 68.7 Å². The van der Waals surface area contributed by atoms with Crippen LogP contribution >= 0.6 is 22.6 Å². The first-order chi connectivity index (χ1) is 6.54. The molecule has 0 aliphatic rings. The standard InChI is InChI=1S/C5H12.C4H9I.2C2H6/c1-4-5(2)3;1-4(2)3-5;2*1-2/h5H,4H2,1-3H3;4H,3H2,1-2H3;2*1-2H3. The second-order valence-electron chi connectivity index (χ2n) is 3.35. The number of halogens is 1. The fraction of sp³-hybridized carbons (Fsp3) is 1.00. The summed E-state index contributed by atoms with van der Waals surface area (Å²) in [6.45, 7) is 19.1. The molecule has 0 spiro atoms. The minimum Gasteiger partial charge on any atom is -0.0861 e. The molecule has 0 N–H and O–H groups in total. The summed E-state index contributed by atoms with van der Waals surface area (Å²) in [6.07, 6.45) is 1.31. The molecule has 0 unspecified atom stereocenters. The van der Waals surface area contributed by atoms with Crippen LogP contribution in [0.4, 0.5) is 0 Å². The van der Waals surface area contributed by atoms with Crippen LogP contribution in [0.2, 0.25) is 0 Å². The summed E-state index contributed by atoms with van der Waals surface area (Å²) in [5.41, 5.74) is 0. The SMILES string of the molecule is CC.CC.CC(C)CI.CCC(C)C. The number of alkyl halides is 1. The van der Waals surface area contributed by atoms with Gasteiger partial charge in [-0.15, -0.1) is 0 Å². The molecule has 0 radical (unpaired) electrons. The molecule has 0 aliphatic carbocycles. The predicted molar refractivity (Wildman–Crippen MR) is 81.6 cm³/mol. The van der Waals surface area contributed by atoms with Gasteiger partial charge in [-0.05, 0) is 11.8 Å². The quantitative estimate of drug-likeness (QED) is 0.421.